The van der Waals surface area contributed by atoms with Crippen LogP contribution >= 0.6 is 11.6 Å². The van der Waals surface area contributed by atoms with Crippen LogP contribution in [0.25, 0.3) is 0 Å². The van der Waals surface area contributed by atoms with Crippen molar-refractivity contribution in [1.82, 2.24) is 0 Å². The van der Waals surface area contributed by atoms with Gasteiger partial charge in [-0.2, -0.15) is 0 Å². The fourth-order valence-corrected chi connectivity index (χ4v) is 2.69. The smallest absolute Gasteiger partial charge is 0.150 e. The van der Waals surface area contributed by atoms with Crippen molar-refractivity contribution in [3.63, 3.8) is 0 Å². The zero-order valence-electron chi connectivity index (χ0n) is 10.7. The van der Waals surface area contributed by atoms with E-state index in [2.05, 4.69) is 0 Å². The van der Waals surface area contributed by atoms with Gasteiger partial charge in [0.15, 0.2) is 0 Å². The molecule has 0 saturated carbocycles. The summed E-state index contributed by atoms with van der Waals surface area (Å²) >= 11 is 5.61. The number of rotatable bonds is 7. The molecule has 0 unspecified atom stereocenters. The second-order valence-electron chi connectivity index (χ2n) is 4.27. The van der Waals surface area contributed by atoms with E-state index in [4.69, 9.17) is 11.6 Å². The lowest BCUT2D eigenvalue weighted by Gasteiger charge is -2.04. The number of Topliss-reactive ketones (excluding diaryl/α,β-unsaturated/α-hetero) is 1. The predicted octanol–water partition coefficient (Wildman–Crippen LogP) is 2.81. The number of benzene rings is 1. The van der Waals surface area contributed by atoms with Crippen molar-refractivity contribution in [2.45, 2.75) is 26.2 Å². The summed E-state index contributed by atoms with van der Waals surface area (Å²) in [5.74, 6) is -0.705. The van der Waals surface area contributed by atoms with Crippen LogP contribution in [0.3, 0.4) is 0 Å². The molecule has 0 heterocycles. The summed E-state index contributed by atoms with van der Waals surface area (Å²) in [6.45, 7) is 1.57. The number of sulfone groups is 1. The molecule has 0 aliphatic carbocycles. The van der Waals surface area contributed by atoms with Crippen LogP contribution in [0, 0.1) is 5.82 Å². The molecule has 6 heteroatoms. The molecule has 0 N–H and O–H groups in total. The monoisotopic (exact) mass is 306 g/mol. The average molecular weight is 307 g/mol. The van der Waals surface area contributed by atoms with Crippen molar-refractivity contribution in [3.8, 4) is 0 Å². The topological polar surface area (TPSA) is 51.2 Å². The molecule has 0 aromatic heterocycles. The number of hydrogen-bond acceptors (Lipinski definition) is 3. The number of halogens is 2. The number of carbonyl (C=O) groups is 1. The normalized spacial score (nSPS) is 11.5. The molecule has 1 aromatic carbocycles. The molecule has 0 bridgehead atoms. The van der Waals surface area contributed by atoms with Gasteiger partial charge in [0, 0.05) is 18.6 Å². The first-order valence-corrected chi connectivity index (χ1v) is 8.20. The highest BCUT2D eigenvalue weighted by molar-refractivity contribution is 7.91. The quantitative estimate of drug-likeness (QED) is 0.778. The van der Waals surface area contributed by atoms with Crippen molar-refractivity contribution in [3.05, 3.63) is 34.6 Å². The van der Waals surface area contributed by atoms with Crippen LogP contribution in [-0.2, 0) is 21.1 Å². The summed E-state index contributed by atoms with van der Waals surface area (Å²) in [6.07, 6.45) is 0.348. The van der Waals surface area contributed by atoms with Crippen LogP contribution < -0.4 is 0 Å². The van der Waals surface area contributed by atoms with Crippen molar-refractivity contribution >= 4 is 27.2 Å². The van der Waals surface area contributed by atoms with Gasteiger partial charge in [0.1, 0.15) is 21.4 Å². The summed E-state index contributed by atoms with van der Waals surface area (Å²) in [6, 6.07) is 4.50. The highest BCUT2D eigenvalue weighted by Crippen LogP contribution is 2.18. The standard InChI is InChI=1S/C13H16ClFO3S/c1-2-19(17,18)8-4-6-11(16)9-10-5-3-7-12(14)13(10)15/h3,5,7H,2,4,6,8-9H2,1H3. The molecule has 0 saturated heterocycles. The highest BCUT2D eigenvalue weighted by atomic mass is 35.5. The third-order valence-corrected chi connectivity index (χ3v) is 4.85. The number of ketones is 1. The second-order valence-corrected chi connectivity index (χ2v) is 7.15. The molecule has 0 aliphatic heterocycles. The van der Waals surface area contributed by atoms with Crippen molar-refractivity contribution < 1.29 is 17.6 Å². The van der Waals surface area contributed by atoms with Crippen molar-refractivity contribution in [2.24, 2.45) is 0 Å². The molecule has 3 nitrogen and oxygen atoms in total. The first-order chi connectivity index (χ1) is 8.85. The van der Waals surface area contributed by atoms with Gasteiger partial charge in [-0.3, -0.25) is 4.79 Å². The van der Waals surface area contributed by atoms with Gasteiger partial charge in [-0.15, -0.1) is 0 Å². The maximum atomic E-state index is 13.5. The Morgan fingerprint density at radius 3 is 2.68 bits per heavy atom. The Bertz CT molecular complexity index is 555. The lowest BCUT2D eigenvalue weighted by molar-refractivity contribution is -0.118. The van der Waals surface area contributed by atoms with E-state index >= 15 is 0 Å². The molecular weight excluding hydrogens is 291 g/mol. The fraction of sp³-hybridized carbons (Fsp3) is 0.462. The van der Waals surface area contributed by atoms with Crippen molar-refractivity contribution in [1.29, 1.82) is 0 Å². The van der Waals surface area contributed by atoms with E-state index in [1.54, 1.807) is 13.0 Å². The average Bonchev–Trinajstić information content (AvgIpc) is 2.35. The first kappa shape index (κ1) is 16.1. The van der Waals surface area contributed by atoms with Crippen molar-refractivity contribution in [2.75, 3.05) is 11.5 Å². The second kappa shape index (κ2) is 7.01. The van der Waals surface area contributed by atoms with Crippen LogP contribution in [0.5, 0.6) is 0 Å². The molecule has 19 heavy (non-hydrogen) atoms. The van der Waals surface area contributed by atoms with Gasteiger partial charge < -0.3 is 0 Å². The largest absolute Gasteiger partial charge is 0.299 e. The van der Waals surface area contributed by atoms with Gasteiger partial charge >= 0.3 is 0 Å². The molecule has 1 rings (SSSR count). The SMILES string of the molecule is CCS(=O)(=O)CCCC(=O)Cc1cccc(Cl)c1F. The minimum absolute atomic E-state index is 0.00668. The van der Waals surface area contributed by atoms with E-state index in [1.165, 1.54) is 12.1 Å². The maximum Gasteiger partial charge on any atom is 0.150 e. The summed E-state index contributed by atoms with van der Waals surface area (Å²) in [7, 11) is -3.05. The van der Waals surface area contributed by atoms with Crippen LogP contribution in [-0.4, -0.2) is 25.7 Å². The third kappa shape index (κ3) is 5.28. The summed E-state index contributed by atoms with van der Waals surface area (Å²) in [5.41, 5.74) is 0.246. The summed E-state index contributed by atoms with van der Waals surface area (Å²) in [4.78, 5) is 11.6. The Morgan fingerprint density at radius 2 is 2.05 bits per heavy atom. The predicted molar refractivity (Wildman–Crippen MR) is 73.7 cm³/mol. The molecule has 0 spiro atoms. The van der Waals surface area contributed by atoms with Gasteiger partial charge in [-0.05, 0) is 18.1 Å². The summed E-state index contributed by atoms with van der Waals surface area (Å²) < 4.78 is 36.0. The Hall–Kier alpha value is -0.940. The van der Waals surface area contributed by atoms with E-state index in [9.17, 15) is 17.6 Å². The van der Waals surface area contributed by atoms with E-state index in [1.807, 2.05) is 0 Å². The molecular formula is C13H16ClFO3S. The molecule has 106 valence electrons. The van der Waals surface area contributed by atoms with Crippen LogP contribution in [0.4, 0.5) is 4.39 Å². The van der Waals surface area contributed by atoms with Gasteiger partial charge in [-0.25, -0.2) is 12.8 Å². The van der Waals surface area contributed by atoms with E-state index < -0.39 is 15.7 Å². The van der Waals surface area contributed by atoms with Gasteiger partial charge in [0.05, 0.1) is 10.8 Å². The molecule has 0 radical (unpaired) electrons. The Balaban J connectivity index is 2.50. The Morgan fingerprint density at radius 1 is 1.37 bits per heavy atom. The number of hydrogen-bond donors (Lipinski definition) is 0. The van der Waals surface area contributed by atoms with E-state index in [0.717, 1.165) is 0 Å². The minimum atomic E-state index is -3.05. The molecule has 0 atom stereocenters. The van der Waals surface area contributed by atoms with Crippen LogP contribution in [0.15, 0.2) is 18.2 Å². The summed E-state index contributed by atoms with van der Waals surface area (Å²) in [5, 5.41) is -0.0149. The molecule has 1 aromatic rings. The fourth-order valence-electron chi connectivity index (χ4n) is 1.62. The third-order valence-electron chi connectivity index (χ3n) is 2.77. The van der Waals surface area contributed by atoms with Gasteiger partial charge in [0.2, 0.25) is 0 Å². The van der Waals surface area contributed by atoms with E-state index in [0.29, 0.717) is 0 Å². The minimum Gasteiger partial charge on any atom is -0.299 e. The number of carbonyl (C=O) groups excluding carboxylic acids is 1. The lowest BCUT2D eigenvalue weighted by Crippen LogP contribution is -2.11. The highest BCUT2D eigenvalue weighted by Gasteiger charge is 2.12. The first-order valence-electron chi connectivity index (χ1n) is 6.00. The van der Waals surface area contributed by atoms with Gasteiger partial charge in [0.25, 0.3) is 0 Å². The Kier molecular flexibility index (Phi) is 5.94. The van der Waals surface area contributed by atoms with Gasteiger partial charge in [-0.1, -0.05) is 30.7 Å². The molecule has 0 aliphatic rings. The maximum absolute atomic E-state index is 13.5. The Labute approximate surface area is 117 Å². The zero-order chi connectivity index (χ0) is 14.5. The van der Waals surface area contributed by atoms with E-state index in [-0.39, 0.29) is 47.1 Å². The van der Waals surface area contributed by atoms with Crippen LogP contribution in [0.1, 0.15) is 25.3 Å². The molecule has 0 amide bonds. The molecule has 0 fully saturated rings. The zero-order valence-corrected chi connectivity index (χ0v) is 12.2. The van der Waals surface area contributed by atoms with Crippen LogP contribution in [0.2, 0.25) is 5.02 Å². The lowest BCUT2D eigenvalue weighted by atomic mass is 10.1.